The molecule has 3 aromatic carbocycles. The lowest BCUT2D eigenvalue weighted by atomic mass is 10.1. The van der Waals surface area contributed by atoms with Crippen LogP contribution in [0.15, 0.2) is 88.2 Å². The molecule has 0 atom stereocenters. The Labute approximate surface area is 166 Å². The van der Waals surface area contributed by atoms with E-state index in [1.54, 1.807) is 6.07 Å². The van der Waals surface area contributed by atoms with Crippen molar-refractivity contribution >= 4 is 10.8 Å². The summed E-state index contributed by atoms with van der Waals surface area (Å²) in [5.41, 5.74) is 2.94. The average Bonchev–Trinajstić information content (AvgIpc) is 3.25. The summed E-state index contributed by atoms with van der Waals surface area (Å²) in [7, 11) is 0. The van der Waals surface area contributed by atoms with Crippen molar-refractivity contribution in [1.82, 2.24) is 19.9 Å². The van der Waals surface area contributed by atoms with Gasteiger partial charge in [0.25, 0.3) is 11.4 Å². The van der Waals surface area contributed by atoms with Crippen LogP contribution in [0.1, 0.15) is 5.56 Å². The highest BCUT2D eigenvalue weighted by atomic mass is 16.5. The van der Waals surface area contributed by atoms with Gasteiger partial charge in [0, 0.05) is 10.9 Å². The van der Waals surface area contributed by atoms with E-state index in [1.165, 1.54) is 4.68 Å². The lowest BCUT2D eigenvalue weighted by Gasteiger charge is -2.08. The second-order valence-electron chi connectivity index (χ2n) is 6.74. The summed E-state index contributed by atoms with van der Waals surface area (Å²) in [5.74, 6) is 0.741. The molecule has 0 bridgehead atoms. The Morgan fingerprint density at radius 2 is 1.52 bits per heavy atom. The van der Waals surface area contributed by atoms with Gasteiger partial charge in [-0.1, -0.05) is 71.4 Å². The number of aromatic nitrogens is 4. The first-order valence-corrected chi connectivity index (χ1v) is 9.19. The lowest BCUT2D eigenvalue weighted by molar-refractivity contribution is 0.430. The minimum absolute atomic E-state index is 0.200. The number of para-hydroxylation sites is 1. The molecule has 0 amide bonds. The third-order valence-corrected chi connectivity index (χ3v) is 4.74. The first-order valence-electron chi connectivity index (χ1n) is 9.19. The van der Waals surface area contributed by atoms with Gasteiger partial charge in [-0.2, -0.15) is 14.8 Å². The maximum atomic E-state index is 13.0. The predicted octanol–water partition coefficient (Wildman–Crippen LogP) is 4.41. The molecule has 5 rings (SSSR count). The molecule has 0 N–H and O–H groups in total. The van der Waals surface area contributed by atoms with Crippen molar-refractivity contribution in [2.75, 3.05) is 0 Å². The van der Waals surface area contributed by atoms with Crippen molar-refractivity contribution in [3.8, 4) is 28.7 Å². The first-order chi connectivity index (χ1) is 14.2. The molecule has 2 heterocycles. The molecular formula is C23H16N4O2. The van der Waals surface area contributed by atoms with Gasteiger partial charge in [-0.3, -0.25) is 4.79 Å². The summed E-state index contributed by atoms with van der Waals surface area (Å²) in [5, 5.41) is 9.89. The Morgan fingerprint density at radius 1 is 0.828 bits per heavy atom. The number of nitrogens with zero attached hydrogens (tertiary/aromatic N) is 4. The van der Waals surface area contributed by atoms with Crippen LogP contribution >= 0.6 is 0 Å². The van der Waals surface area contributed by atoms with Gasteiger partial charge >= 0.3 is 0 Å². The first kappa shape index (κ1) is 17.1. The fourth-order valence-electron chi connectivity index (χ4n) is 3.23. The second kappa shape index (κ2) is 6.83. The van der Waals surface area contributed by atoms with Crippen molar-refractivity contribution < 1.29 is 4.52 Å². The summed E-state index contributed by atoms with van der Waals surface area (Å²) in [6.07, 6.45) is 0. The molecule has 0 radical (unpaired) electrons. The fourth-order valence-corrected chi connectivity index (χ4v) is 3.23. The van der Waals surface area contributed by atoms with E-state index in [0.717, 1.165) is 11.1 Å². The minimum Gasteiger partial charge on any atom is -0.332 e. The Kier molecular flexibility index (Phi) is 4.02. The zero-order chi connectivity index (χ0) is 19.8. The van der Waals surface area contributed by atoms with Crippen LogP contribution in [0.2, 0.25) is 0 Å². The molecule has 0 saturated carbocycles. The highest BCUT2D eigenvalue weighted by molar-refractivity contribution is 5.92. The number of hydrogen-bond acceptors (Lipinski definition) is 5. The van der Waals surface area contributed by atoms with Crippen molar-refractivity contribution in [3.05, 3.63) is 94.8 Å². The van der Waals surface area contributed by atoms with Gasteiger partial charge in [0.15, 0.2) is 5.69 Å². The smallest absolute Gasteiger partial charge is 0.279 e. The molecule has 29 heavy (non-hydrogen) atoms. The van der Waals surface area contributed by atoms with Crippen LogP contribution in [-0.2, 0) is 0 Å². The molecule has 0 saturated heterocycles. The molecule has 0 aliphatic heterocycles. The van der Waals surface area contributed by atoms with Crippen LogP contribution in [0.5, 0.6) is 0 Å². The maximum Gasteiger partial charge on any atom is 0.279 e. The lowest BCUT2D eigenvalue weighted by Crippen LogP contribution is -2.22. The maximum absolute atomic E-state index is 13.0. The zero-order valence-corrected chi connectivity index (χ0v) is 15.6. The largest absolute Gasteiger partial charge is 0.332 e. The summed E-state index contributed by atoms with van der Waals surface area (Å²) < 4.78 is 6.90. The van der Waals surface area contributed by atoms with Gasteiger partial charge in [-0.05, 0) is 25.1 Å². The van der Waals surface area contributed by atoms with Crippen molar-refractivity contribution in [3.63, 3.8) is 0 Å². The summed E-state index contributed by atoms with van der Waals surface area (Å²) in [6, 6.07) is 24.5. The van der Waals surface area contributed by atoms with E-state index < -0.39 is 0 Å². The van der Waals surface area contributed by atoms with Gasteiger partial charge in [0.2, 0.25) is 5.82 Å². The predicted molar refractivity (Wildman–Crippen MR) is 111 cm³/mol. The van der Waals surface area contributed by atoms with E-state index in [1.807, 2.05) is 79.7 Å². The van der Waals surface area contributed by atoms with Gasteiger partial charge in [-0.15, -0.1) is 0 Å². The van der Waals surface area contributed by atoms with Gasteiger partial charge in [0.05, 0.1) is 11.1 Å². The molecule has 6 nitrogen and oxygen atoms in total. The Morgan fingerprint density at radius 3 is 2.28 bits per heavy atom. The third kappa shape index (κ3) is 3.00. The number of rotatable bonds is 3. The van der Waals surface area contributed by atoms with Crippen LogP contribution in [0.3, 0.4) is 0 Å². The number of fused-ring (bicyclic) bond motifs is 1. The molecular weight excluding hydrogens is 364 g/mol. The standard InChI is InChI=1S/C23H16N4O2/c1-15-11-13-16(14-12-15)21-24-22(29-26-21)20-18-9-5-6-10-19(18)23(28)27(25-20)17-7-3-2-4-8-17/h2-14H,1H3. The number of benzene rings is 3. The topological polar surface area (TPSA) is 73.8 Å². The minimum atomic E-state index is -0.200. The summed E-state index contributed by atoms with van der Waals surface area (Å²) in [4.78, 5) is 17.5. The van der Waals surface area contributed by atoms with Crippen molar-refractivity contribution in [2.24, 2.45) is 0 Å². The quantitative estimate of drug-likeness (QED) is 0.463. The van der Waals surface area contributed by atoms with Crippen LogP contribution in [-0.4, -0.2) is 19.9 Å². The molecule has 0 aliphatic rings. The molecule has 5 aromatic rings. The fraction of sp³-hybridized carbons (Fsp3) is 0.0435. The monoisotopic (exact) mass is 380 g/mol. The van der Waals surface area contributed by atoms with E-state index in [0.29, 0.717) is 28.0 Å². The van der Waals surface area contributed by atoms with Crippen molar-refractivity contribution in [2.45, 2.75) is 6.92 Å². The SMILES string of the molecule is Cc1ccc(-c2noc(-c3nn(-c4ccccc4)c(=O)c4ccccc34)n2)cc1. The average molecular weight is 380 g/mol. The molecule has 2 aromatic heterocycles. The van der Waals surface area contributed by atoms with E-state index in [4.69, 9.17) is 4.52 Å². The van der Waals surface area contributed by atoms with Crippen LogP contribution in [0.25, 0.3) is 39.4 Å². The normalized spacial score (nSPS) is 11.1. The van der Waals surface area contributed by atoms with Gasteiger partial charge in [-0.25, -0.2) is 0 Å². The van der Waals surface area contributed by atoms with E-state index in [-0.39, 0.29) is 11.4 Å². The summed E-state index contributed by atoms with van der Waals surface area (Å²) in [6.45, 7) is 2.02. The highest BCUT2D eigenvalue weighted by Gasteiger charge is 2.18. The van der Waals surface area contributed by atoms with Crippen LogP contribution in [0, 0.1) is 6.92 Å². The van der Waals surface area contributed by atoms with Crippen LogP contribution < -0.4 is 5.56 Å². The molecule has 0 aliphatic carbocycles. The van der Waals surface area contributed by atoms with Gasteiger partial charge in [0.1, 0.15) is 0 Å². The zero-order valence-electron chi connectivity index (χ0n) is 15.6. The van der Waals surface area contributed by atoms with Crippen LogP contribution in [0.4, 0.5) is 0 Å². The molecule has 0 unspecified atom stereocenters. The van der Waals surface area contributed by atoms with E-state index >= 15 is 0 Å². The highest BCUT2D eigenvalue weighted by Crippen LogP contribution is 2.26. The summed E-state index contributed by atoms with van der Waals surface area (Å²) >= 11 is 0. The van der Waals surface area contributed by atoms with Gasteiger partial charge < -0.3 is 4.52 Å². The third-order valence-electron chi connectivity index (χ3n) is 4.74. The Hall–Kier alpha value is -4.06. The molecule has 0 spiro atoms. The number of hydrogen-bond donors (Lipinski definition) is 0. The Bertz CT molecular complexity index is 1370. The molecule has 140 valence electrons. The molecule has 0 fully saturated rings. The Balaban J connectivity index is 1.72. The van der Waals surface area contributed by atoms with Crippen molar-refractivity contribution in [1.29, 1.82) is 0 Å². The second-order valence-corrected chi connectivity index (χ2v) is 6.74. The van der Waals surface area contributed by atoms with E-state index in [2.05, 4.69) is 15.2 Å². The molecule has 6 heteroatoms. The van der Waals surface area contributed by atoms with E-state index in [9.17, 15) is 4.79 Å². The number of aryl methyl sites for hydroxylation is 1.